The zero-order valence-corrected chi connectivity index (χ0v) is 16.1. The van der Waals surface area contributed by atoms with Crippen LogP contribution in [-0.4, -0.2) is 42.0 Å². The van der Waals surface area contributed by atoms with Gasteiger partial charge < -0.3 is 10.2 Å². The van der Waals surface area contributed by atoms with Crippen molar-refractivity contribution in [1.29, 1.82) is 0 Å². The third-order valence-electron chi connectivity index (χ3n) is 4.63. The lowest BCUT2D eigenvalue weighted by Crippen LogP contribution is -2.40. The molecule has 1 N–H and O–H groups in total. The first kappa shape index (κ1) is 17.9. The molecule has 1 atom stereocenters. The SMILES string of the molecule is CCNC(=NCCc1ncc(CC)s1)N1CCC(c2ccccc2)C1. The third-order valence-corrected chi connectivity index (χ3v) is 5.83. The van der Waals surface area contributed by atoms with Gasteiger partial charge in [-0.2, -0.15) is 0 Å². The number of hydrogen-bond donors (Lipinski definition) is 1. The number of nitrogens with one attached hydrogen (secondary N) is 1. The molecule has 4 nitrogen and oxygen atoms in total. The zero-order valence-electron chi connectivity index (χ0n) is 15.2. The summed E-state index contributed by atoms with van der Waals surface area (Å²) >= 11 is 1.81. The fourth-order valence-electron chi connectivity index (χ4n) is 3.26. The fourth-order valence-corrected chi connectivity index (χ4v) is 4.11. The van der Waals surface area contributed by atoms with Crippen LogP contribution < -0.4 is 5.32 Å². The smallest absolute Gasteiger partial charge is 0.193 e. The lowest BCUT2D eigenvalue weighted by Gasteiger charge is -2.21. The number of nitrogens with zero attached hydrogens (tertiary/aromatic N) is 3. The number of likely N-dealkylation sites (tertiary alicyclic amines) is 1. The summed E-state index contributed by atoms with van der Waals surface area (Å²) in [5.74, 6) is 1.66. The van der Waals surface area contributed by atoms with Gasteiger partial charge in [-0.25, -0.2) is 4.98 Å². The number of rotatable bonds is 6. The number of thiazole rings is 1. The van der Waals surface area contributed by atoms with Gasteiger partial charge in [0.05, 0.1) is 5.01 Å². The van der Waals surface area contributed by atoms with Crippen LogP contribution in [0.2, 0.25) is 0 Å². The quantitative estimate of drug-likeness (QED) is 0.634. The van der Waals surface area contributed by atoms with Crippen molar-refractivity contribution in [2.24, 2.45) is 4.99 Å². The normalized spacial score (nSPS) is 17.9. The van der Waals surface area contributed by atoms with E-state index in [1.807, 2.05) is 17.5 Å². The topological polar surface area (TPSA) is 40.5 Å². The zero-order chi connectivity index (χ0) is 17.5. The fraction of sp³-hybridized carbons (Fsp3) is 0.500. The van der Waals surface area contributed by atoms with E-state index in [1.54, 1.807) is 0 Å². The van der Waals surface area contributed by atoms with Gasteiger partial charge in [-0.15, -0.1) is 11.3 Å². The molecule has 0 amide bonds. The molecule has 5 heteroatoms. The van der Waals surface area contributed by atoms with Crippen molar-refractivity contribution in [2.45, 2.75) is 39.0 Å². The van der Waals surface area contributed by atoms with Crippen LogP contribution in [-0.2, 0) is 12.8 Å². The summed E-state index contributed by atoms with van der Waals surface area (Å²) in [6.45, 7) is 8.13. The molecule has 0 spiro atoms. The van der Waals surface area contributed by atoms with Gasteiger partial charge in [0.15, 0.2) is 5.96 Å². The largest absolute Gasteiger partial charge is 0.357 e. The first-order valence-corrected chi connectivity index (χ1v) is 10.1. The van der Waals surface area contributed by atoms with E-state index in [9.17, 15) is 0 Å². The molecule has 1 unspecified atom stereocenters. The van der Waals surface area contributed by atoms with E-state index in [0.717, 1.165) is 45.0 Å². The Labute approximate surface area is 155 Å². The highest BCUT2D eigenvalue weighted by Crippen LogP contribution is 2.26. The van der Waals surface area contributed by atoms with Gasteiger partial charge in [0.25, 0.3) is 0 Å². The van der Waals surface area contributed by atoms with Gasteiger partial charge in [-0.05, 0) is 25.3 Å². The minimum atomic E-state index is 0.608. The minimum Gasteiger partial charge on any atom is -0.357 e. The van der Waals surface area contributed by atoms with Crippen LogP contribution >= 0.6 is 11.3 Å². The van der Waals surface area contributed by atoms with Crippen molar-refractivity contribution in [3.8, 4) is 0 Å². The van der Waals surface area contributed by atoms with Crippen molar-refractivity contribution in [1.82, 2.24) is 15.2 Å². The second-order valence-corrected chi connectivity index (χ2v) is 7.60. The maximum Gasteiger partial charge on any atom is 0.193 e. The van der Waals surface area contributed by atoms with Crippen LogP contribution in [0.15, 0.2) is 41.5 Å². The van der Waals surface area contributed by atoms with Crippen LogP contribution in [0.1, 0.15) is 41.6 Å². The van der Waals surface area contributed by atoms with Crippen molar-refractivity contribution in [3.63, 3.8) is 0 Å². The predicted octanol–water partition coefficient (Wildman–Crippen LogP) is 3.70. The molecule has 25 heavy (non-hydrogen) atoms. The molecule has 2 heterocycles. The Balaban J connectivity index is 1.58. The van der Waals surface area contributed by atoms with E-state index < -0.39 is 0 Å². The molecule has 134 valence electrons. The first-order chi connectivity index (χ1) is 12.3. The highest BCUT2D eigenvalue weighted by atomic mass is 32.1. The molecule has 1 aromatic heterocycles. The van der Waals surface area contributed by atoms with Gasteiger partial charge in [0, 0.05) is 49.6 Å². The monoisotopic (exact) mass is 356 g/mol. The standard InChI is InChI=1S/C20H28N4S/c1-3-18-14-23-19(25-18)10-12-22-20(21-4-2)24-13-11-17(15-24)16-8-6-5-7-9-16/h5-9,14,17H,3-4,10-13,15H2,1-2H3,(H,21,22). The summed E-state index contributed by atoms with van der Waals surface area (Å²) in [4.78, 5) is 13.1. The first-order valence-electron chi connectivity index (χ1n) is 9.32. The summed E-state index contributed by atoms with van der Waals surface area (Å²) < 4.78 is 0. The Bertz CT molecular complexity index is 680. The summed E-state index contributed by atoms with van der Waals surface area (Å²) in [5.41, 5.74) is 1.44. The maximum atomic E-state index is 4.85. The number of aliphatic imine (C=N–C) groups is 1. The summed E-state index contributed by atoms with van der Waals surface area (Å²) in [6, 6.07) is 10.8. The maximum absolute atomic E-state index is 4.85. The third kappa shape index (κ3) is 4.82. The molecular formula is C20H28N4S. The Kier molecular flexibility index (Phi) is 6.45. The summed E-state index contributed by atoms with van der Waals surface area (Å²) in [6.07, 6.45) is 5.19. The average Bonchev–Trinajstić information content (AvgIpc) is 3.31. The van der Waals surface area contributed by atoms with Crippen LogP contribution in [0.4, 0.5) is 0 Å². The Morgan fingerprint density at radius 1 is 1.32 bits per heavy atom. The Hall–Kier alpha value is -1.88. The number of guanidine groups is 1. The van der Waals surface area contributed by atoms with E-state index >= 15 is 0 Å². The highest BCUT2D eigenvalue weighted by molar-refractivity contribution is 7.11. The van der Waals surface area contributed by atoms with Gasteiger partial charge in [0.1, 0.15) is 0 Å². The van der Waals surface area contributed by atoms with E-state index in [2.05, 4.69) is 59.4 Å². The second kappa shape index (κ2) is 8.99. The lowest BCUT2D eigenvalue weighted by molar-refractivity contribution is 0.486. The summed E-state index contributed by atoms with van der Waals surface area (Å²) in [7, 11) is 0. The van der Waals surface area contributed by atoms with Crippen molar-refractivity contribution >= 4 is 17.3 Å². The molecule has 1 aromatic carbocycles. The molecule has 0 bridgehead atoms. The van der Waals surface area contributed by atoms with E-state index in [0.29, 0.717) is 5.92 Å². The predicted molar refractivity (Wildman–Crippen MR) is 107 cm³/mol. The van der Waals surface area contributed by atoms with Crippen LogP contribution in [0, 0.1) is 0 Å². The van der Waals surface area contributed by atoms with Crippen LogP contribution in [0.25, 0.3) is 0 Å². The van der Waals surface area contributed by atoms with Gasteiger partial charge >= 0.3 is 0 Å². The molecule has 1 aliphatic heterocycles. The highest BCUT2D eigenvalue weighted by Gasteiger charge is 2.25. The van der Waals surface area contributed by atoms with E-state index in [-0.39, 0.29) is 0 Å². The Morgan fingerprint density at radius 2 is 2.16 bits per heavy atom. The molecule has 3 rings (SSSR count). The molecule has 0 saturated carbocycles. The molecule has 1 saturated heterocycles. The van der Waals surface area contributed by atoms with Gasteiger partial charge in [0.2, 0.25) is 0 Å². The van der Waals surface area contributed by atoms with Crippen molar-refractivity contribution in [2.75, 3.05) is 26.2 Å². The van der Waals surface area contributed by atoms with E-state index in [1.165, 1.54) is 21.9 Å². The second-order valence-electron chi connectivity index (χ2n) is 6.40. The molecule has 0 aliphatic carbocycles. The molecule has 1 fully saturated rings. The number of hydrogen-bond acceptors (Lipinski definition) is 3. The number of benzene rings is 1. The number of aryl methyl sites for hydroxylation is 1. The van der Waals surface area contributed by atoms with Crippen molar-refractivity contribution < 1.29 is 0 Å². The summed E-state index contributed by atoms with van der Waals surface area (Å²) in [5, 5.41) is 4.65. The number of aromatic nitrogens is 1. The molecule has 0 radical (unpaired) electrons. The molecule has 1 aliphatic rings. The minimum absolute atomic E-state index is 0.608. The van der Waals surface area contributed by atoms with Gasteiger partial charge in [-0.3, -0.25) is 4.99 Å². The van der Waals surface area contributed by atoms with Crippen LogP contribution in [0.3, 0.4) is 0 Å². The molecular weight excluding hydrogens is 328 g/mol. The van der Waals surface area contributed by atoms with Crippen molar-refractivity contribution in [3.05, 3.63) is 52.0 Å². The average molecular weight is 357 g/mol. The molecule has 2 aromatic rings. The lowest BCUT2D eigenvalue weighted by atomic mass is 9.99. The Morgan fingerprint density at radius 3 is 2.88 bits per heavy atom. The van der Waals surface area contributed by atoms with E-state index in [4.69, 9.17) is 4.99 Å². The van der Waals surface area contributed by atoms with Crippen LogP contribution in [0.5, 0.6) is 0 Å². The van der Waals surface area contributed by atoms with Gasteiger partial charge in [-0.1, -0.05) is 37.3 Å².